The van der Waals surface area contributed by atoms with Crippen molar-refractivity contribution in [2.24, 2.45) is 5.92 Å². The molecule has 144 valence electrons. The molecule has 1 N–H and O–H groups in total. The van der Waals surface area contributed by atoms with Crippen LogP contribution in [0.1, 0.15) is 25.8 Å². The Balaban J connectivity index is 1.57. The number of hydrogen-bond donors (Lipinski definition) is 1. The van der Waals surface area contributed by atoms with E-state index in [2.05, 4.69) is 15.5 Å². The number of carbonyl (C=O) groups is 2. The summed E-state index contributed by atoms with van der Waals surface area (Å²) in [5, 5.41) is 12.5. The molecule has 1 saturated heterocycles. The van der Waals surface area contributed by atoms with Gasteiger partial charge in [0, 0.05) is 34.8 Å². The number of likely N-dealkylation sites (tertiary alicyclic amines) is 1. The normalized spacial score (nSPS) is 17.0. The van der Waals surface area contributed by atoms with Crippen molar-refractivity contribution in [1.29, 1.82) is 0 Å². The van der Waals surface area contributed by atoms with Gasteiger partial charge in [-0.25, -0.2) is 0 Å². The molecule has 1 aliphatic rings. The molecule has 10 heteroatoms. The number of amides is 2. The number of nitrogens with one attached hydrogen (secondary N) is 1. The Bertz CT molecular complexity index is 839. The predicted octanol–water partition coefficient (Wildman–Crippen LogP) is 4.33. The van der Waals surface area contributed by atoms with Crippen LogP contribution in [-0.2, 0) is 15.3 Å². The van der Waals surface area contributed by atoms with Gasteiger partial charge in [0.2, 0.25) is 16.9 Å². The number of halogens is 2. The van der Waals surface area contributed by atoms with Gasteiger partial charge in [-0.05, 0) is 31.5 Å². The van der Waals surface area contributed by atoms with E-state index in [4.69, 9.17) is 23.2 Å². The summed E-state index contributed by atoms with van der Waals surface area (Å²) in [6.07, 6.45) is 0.232. The van der Waals surface area contributed by atoms with Crippen molar-refractivity contribution in [2.75, 3.05) is 11.9 Å². The van der Waals surface area contributed by atoms with E-state index in [1.54, 1.807) is 23.1 Å². The lowest BCUT2D eigenvalue weighted by atomic mass is 10.1. The van der Waals surface area contributed by atoms with Crippen LogP contribution in [0.15, 0.2) is 22.5 Å². The zero-order chi connectivity index (χ0) is 19.6. The fourth-order valence-corrected chi connectivity index (χ4v) is 5.23. The molecule has 0 spiro atoms. The molecule has 1 atom stereocenters. The highest BCUT2D eigenvalue weighted by Gasteiger charge is 2.35. The standard InChI is InChI=1S/C17H18Cl2N4O2S2/c1-9(2)23-7-10(6-14(23)24)15(25)20-16-21-22-17(27-16)26-8-11-12(18)4-3-5-13(11)19/h3-5,9-10H,6-8H2,1-2H3,(H,20,21,25). The van der Waals surface area contributed by atoms with Crippen LogP contribution in [0.4, 0.5) is 5.13 Å². The topological polar surface area (TPSA) is 75.2 Å². The second-order valence-corrected chi connectivity index (χ2v) is 9.41. The molecule has 1 aliphatic heterocycles. The summed E-state index contributed by atoms with van der Waals surface area (Å²) in [4.78, 5) is 26.1. The number of rotatable bonds is 6. The number of anilines is 1. The van der Waals surface area contributed by atoms with Crippen molar-refractivity contribution in [1.82, 2.24) is 15.1 Å². The van der Waals surface area contributed by atoms with Crippen LogP contribution >= 0.6 is 46.3 Å². The largest absolute Gasteiger partial charge is 0.339 e. The first kappa shape index (κ1) is 20.4. The van der Waals surface area contributed by atoms with E-state index in [1.807, 2.05) is 13.8 Å². The molecule has 0 saturated carbocycles. The summed E-state index contributed by atoms with van der Waals surface area (Å²) >= 11 is 15.1. The third-order valence-corrected chi connectivity index (χ3v) is 6.90. The minimum absolute atomic E-state index is 0.00952. The zero-order valence-electron chi connectivity index (χ0n) is 14.7. The van der Waals surface area contributed by atoms with Crippen LogP contribution in [0.3, 0.4) is 0 Å². The minimum atomic E-state index is -0.359. The molecule has 0 aliphatic carbocycles. The average Bonchev–Trinajstić information content (AvgIpc) is 3.21. The SMILES string of the molecule is CC(C)N1CC(C(=O)Nc2nnc(SCc3c(Cl)cccc3Cl)s2)CC1=O. The lowest BCUT2D eigenvalue weighted by Gasteiger charge is -2.20. The monoisotopic (exact) mass is 444 g/mol. The van der Waals surface area contributed by atoms with Crippen LogP contribution in [0.2, 0.25) is 10.0 Å². The smallest absolute Gasteiger partial charge is 0.231 e. The van der Waals surface area contributed by atoms with E-state index >= 15 is 0 Å². The van der Waals surface area contributed by atoms with Gasteiger partial charge in [-0.2, -0.15) is 0 Å². The Kier molecular flexibility index (Phi) is 6.62. The quantitative estimate of drug-likeness (QED) is 0.529. The van der Waals surface area contributed by atoms with Crippen molar-refractivity contribution in [3.63, 3.8) is 0 Å². The van der Waals surface area contributed by atoms with E-state index in [-0.39, 0.29) is 30.2 Å². The molecule has 0 radical (unpaired) electrons. The fourth-order valence-electron chi connectivity index (χ4n) is 2.74. The van der Waals surface area contributed by atoms with Gasteiger partial charge < -0.3 is 10.2 Å². The number of benzene rings is 1. The summed E-state index contributed by atoms with van der Waals surface area (Å²) in [5.41, 5.74) is 0.838. The maximum absolute atomic E-state index is 12.4. The third kappa shape index (κ3) is 4.93. The first-order chi connectivity index (χ1) is 12.8. The van der Waals surface area contributed by atoms with Crippen molar-refractivity contribution in [3.05, 3.63) is 33.8 Å². The number of aromatic nitrogens is 2. The summed E-state index contributed by atoms with van der Waals surface area (Å²) in [7, 11) is 0. The summed E-state index contributed by atoms with van der Waals surface area (Å²) in [6.45, 7) is 4.32. The molecule has 3 rings (SSSR count). The van der Waals surface area contributed by atoms with Gasteiger partial charge in [-0.15, -0.1) is 10.2 Å². The summed E-state index contributed by atoms with van der Waals surface area (Å²) in [5.74, 6) is 0.00660. The third-order valence-electron chi connectivity index (χ3n) is 4.19. The Hall–Kier alpha value is -1.35. The first-order valence-electron chi connectivity index (χ1n) is 8.34. The highest BCUT2D eigenvalue weighted by molar-refractivity contribution is 8.00. The maximum Gasteiger partial charge on any atom is 0.231 e. The van der Waals surface area contributed by atoms with E-state index in [9.17, 15) is 9.59 Å². The van der Waals surface area contributed by atoms with E-state index in [1.165, 1.54) is 23.1 Å². The molecule has 6 nitrogen and oxygen atoms in total. The maximum atomic E-state index is 12.4. The molecule has 27 heavy (non-hydrogen) atoms. The molecule has 2 heterocycles. The van der Waals surface area contributed by atoms with Gasteiger partial charge in [-0.3, -0.25) is 9.59 Å². The second kappa shape index (κ2) is 8.77. The van der Waals surface area contributed by atoms with Crippen LogP contribution in [0.5, 0.6) is 0 Å². The van der Waals surface area contributed by atoms with E-state index in [0.717, 1.165) is 5.56 Å². The Labute approximate surface area is 175 Å². The van der Waals surface area contributed by atoms with E-state index < -0.39 is 0 Å². The zero-order valence-corrected chi connectivity index (χ0v) is 17.9. The molecule has 1 aromatic heterocycles. The Morgan fingerprint density at radius 2 is 2.07 bits per heavy atom. The number of hydrogen-bond acceptors (Lipinski definition) is 6. The highest BCUT2D eigenvalue weighted by Crippen LogP contribution is 2.34. The van der Waals surface area contributed by atoms with Gasteiger partial charge in [0.25, 0.3) is 0 Å². The van der Waals surface area contributed by atoms with Crippen molar-refractivity contribution in [3.8, 4) is 0 Å². The van der Waals surface area contributed by atoms with E-state index in [0.29, 0.717) is 31.8 Å². The molecular weight excluding hydrogens is 427 g/mol. The number of thioether (sulfide) groups is 1. The predicted molar refractivity (Wildman–Crippen MR) is 110 cm³/mol. The molecule has 0 bridgehead atoms. The fraction of sp³-hybridized carbons (Fsp3) is 0.412. The lowest BCUT2D eigenvalue weighted by Crippen LogP contribution is -2.33. The molecule has 2 aromatic rings. The van der Waals surface area contributed by atoms with Gasteiger partial charge in [0.05, 0.1) is 5.92 Å². The Morgan fingerprint density at radius 3 is 2.70 bits per heavy atom. The van der Waals surface area contributed by atoms with Crippen LogP contribution in [0.25, 0.3) is 0 Å². The van der Waals surface area contributed by atoms with Crippen LogP contribution < -0.4 is 5.32 Å². The second-order valence-electron chi connectivity index (χ2n) is 6.39. The highest BCUT2D eigenvalue weighted by atomic mass is 35.5. The summed E-state index contributed by atoms with van der Waals surface area (Å²) < 4.78 is 0.701. The van der Waals surface area contributed by atoms with Crippen molar-refractivity contribution in [2.45, 2.75) is 36.4 Å². The van der Waals surface area contributed by atoms with Gasteiger partial charge in [0.1, 0.15) is 0 Å². The van der Waals surface area contributed by atoms with Gasteiger partial charge in [0.15, 0.2) is 4.34 Å². The van der Waals surface area contributed by atoms with Crippen LogP contribution in [-0.4, -0.2) is 39.5 Å². The first-order valence-corrected chi connectivity index (χ1v) is 10.9. The summed E-state index contributed by atoms with van der Waals surface area (Å²) in [6, 6.07) is 5.47. The van der Waals surface area contributed by atoms with Gasteiger partial charge in [-0.1, -0.05) is 52.4 Å². The minimum Gasteiger partial charge on any atom is -0.339 e. The van der Waals surface area contributed by atoms with Crippen molar-refractivity contribution < 1.29 is 9.59 Å². The van der Waals surface area contributed by atoms with Crippen LogP contribution in [0, 0.1) is 5.92 Å². The molecule has 1 unspecified atom stereocenters. The van der Waals surface area contributed by atoms with Crippen molar-refractivity contribution >= 4 is 63.2 Å². The Morgan fingerprint density at radius 1 is 1.37 bits per heavy atom. The number of carbonyl (C=O) groups excluding carboxylic acids is 2. The lowest BCUT2D eigenvalue weighted by molar-refractivity contribution is -0.129. The molecule has 1 aromatic carbocycles. The molecule has 1 fully saturated rings. The number of nitrogens with zero attached hydrogens (tertiary/aromatic N) is 3. The van der Waals surface area contributed by atoms with Gasteiger partial charge >= 0.3 is 0 Å². The average molecular weight is 445 g/mol. The molecular formula is C17H18Cl2N4O2S2. The molecule has 2 amide bonds.